The van der Waals surface area contributed by atoms with Gasteiger partial charge in [-0.05, 0) is 41.2 Å². The second-order valence-corrected chi connectivity index (χ2v) is 7.56. The van der Waals surface area contributed by atoms with Gasteiger partial charge in [0.15, 0.2) is 0 Å². The number of anilines is 2. The topological polar surface area (TPSA) is 82.9 Å². The van der Waals surface area contributed by atoms with Crippen LogP contribution >= 0.6 is 0 Å². The Balaban J connectivity index is 2.01. The van der Waals surface area contributed by atoms with Gasteiger partial charge in [0.05, 0.1) is 18.2 Å². The highest BCUT2D eigenvalue weighted by molar-refractivity contribution is 5.98. The van der Waals surface area contributed by atoms with E-state index in [1.165, 1.54) is 0 Å². The quantitative estimate of drug-likeness (QED) is 0.289. The van der Waals surface area contributed by atoms with E-state index >= 15 is 0 Å². The fourth-order valence-electron chi connectivity index (χ4n) is 3.52. The van der Waals surface area contributed by atoms with E-state index in [2.05, 4.69) is 76.1 Å². The van der Waals surface area contributed by atoms with E-state index in [9.17, 15) is 0 Å². The molecule has 33 heavy (non-hydrogen) atoms. The SMILES string of the molecule is CCCOCCNc1ncnc(NC)c1/C(=C/c1ccc(CCC#N)cc1)c1ccccc1. The standard InChI is InChI=1S/C27H31N5O/c1-3-17-33-18-16-30-27-25(26(29-2)31-20-32-27)24(23-9-5-4-6-10-23)19-22-13-11-21(12-14-22)8-7-15-28/h4-6,9-14,19-20H,3,7-8,16-18H2,1-2H3,(H2,29,30,31,32)/b24-19+. The number of aromatic nitrogens is 2. The second-order valence-electron chi connectivity index (χ2n) is 7.56. The van der Waals surface area contributed by atoms with Gasteiger partial charge in [0.25, 0.3) is 0 Å². The first kappa shape index (κ1) is 24.0. The molecule has 2 N–H and O–H groups in total. The largest absolute Gasteiger partial charge is 0.380 e. The molecule has 0 saturated heterocycles. The Hall–Kier alpha value is -3.69. The molecule has 170 valence electrons. The number of aryl methyl sites for hydroxylation is 1. The zero-order valence-corrected chi connectivity index (χ0v) is 19.3. The summed E-state index contributed by atoms with van der Waals surface area (Å²) in [5.41, 5.74) is 5.22. The second kappa shape index (κ2) is 13.0. The van der Waals surface area contributed by atoms with Gasteiger partial charge in [-0.2, -0.15) is 5.26 Å². The maximum Gasteiger partial charge on any atom is 0.139 e. The van der Waals surface area contributed by atoms with E-state index < -0.39 is 0 Å². The summed E-state index contributed by atoms with van der Waals surface area (Å²) in [6.45, 7) is 4.12. The third-order valence-electron chi connectivity index (χ3n) is 5.14. The van der Waals surface area contributed by atoms with Gasteiger partial charge in [-0.15, -0.1) is 0 Å². The molecule has 3 rings (SSSR count). The minimum Gasteiger partial charge on any atom is -0.380 e. The predicted molar refractivity (Wildman–Crippen MR) is 135 cm³/mol. The molecule has 2 aromatic carbocycles. The Bertz CT molecular complexity index is 1070. The van der Waals surface area contributed by atoms with Crippen LogP contribution in [-0.4, -0.2) is 36.8 Å². The van der Waals surface area contributed by atoms with Crippen molar-refractivity contribution in [1.29, 1.82) is 5.26 Å². The molecule has 0 amide bonds. The van der Waals surface area contributed by atoms with Crippen molar-refractivity contribution < 1.29 is 4.74 Å². The molecule has 0 aliphatic heterocycles. The van der Waals surface area contributed by atoms with Gasteiger partial charge in [-0.25, -0.2) is 9.97 Å². The van der Waals surface area contributed by atoms with Crippen LogP contribution in [0.4, 0.5) is 11.6 Å². The molecule has 0 aliphatic rings. The van der Waals surface area contributed by atoms with E-state index in [0.29, 0.717) is 19.6 Å². The van der Waals surface area contributed by atoms with Crippen molar-refractivity contribution >= 4 is 23.3 Å². The molecule has 3 aromatic rings. The zero-order valence-electron chi connectivity index (χ0n) is 19.3. The van der Waals surface area contributed by atoms with Gasteiger partial charge >= 0.3 is 0 Å². The molecule has 6 heteroatoms. The lowest BCUT2D eigenvalue weighted by Gasteiger charge is -2.17. The van der Waals surface area contributed by atoms with Gasteiger partial charge in [0.2, 0.25) is 0 Å². The fourth-order valence-corrected chi connectivity index (χ4v) is 3.52. The number of nitrogens with zero attached hydrogens (tertiary/aromatic N) is 3. The average molecular weight is 442 g/mol. The summed E-state index contributed by atoms with van der Waals surface area (Å²) in [7, 11) is 1.87. The normalized spacial score (nSPS) is 11.1. The summed E-state index contributed by atoms with van der Waals surface area (Å²) in [5.74, 6) is 1.51. The first-order valence-corrected chi connectivity index (χ1v) is 11.3. The highest BCUT2D eigenvalue weighted by Gasteiger charge is 2.17. The van der Waals surface area contributed by atoms with Crippen molar-refractivity contribution in [3.8, 4) is 6.07 Å². The fraction of sp³-hybridized carbons (Fsp3) is 0.296. The van der Waals surface area contributed by atoms with Crippen molar-refractivity contribution in [2.75, 3.05) is 37.4 Å². The Morgan fingerprint density at radius 3 is 2.48 bits per heavy atom. The molecule has 0 aliphatic carbocycles. The number of benzene rings is 2. The van der Waals surface area contributed by atoms with Gasteiger partial charge < -0.3 is 15.4 Å². The van der Waals surface area contributed by atoms with Crippen molar-refractivity contribution in [3.05, 3.63) is 83.2 Å². The van der Waals surface area contributed by atoms with Crippen LogP contribution in [0.2, 0.25) is 0 Å². The Kier molecular flexibility index (Phi) is 9.44. The molecule has 0 atom stereocenters. The monoisotopic (exact) mass is 441 g/mol. The van der Waals surface area contributed by atoms with Crippen LogP contribution in [0.5, 0.6) is 0 Å². The average Bonchev–Trinajstić information content (AvgIpc) is 2.87. The first-order valence-electron chi connectivity index (χ1n) is 11.3. The third-order valence-corrected chi connectivity index (χ3v) is 5.14. The third kappa shape index (κ3) is 6.90. The highest BCUT2D eigenvalue weighted by Crippen LogP contribution is 2.34. The lowest BCUT2D eigenvalue weighted by molar-refractivity contribution is 0.144. The number of ether oxygens (including phenoxy) is 1. The molecule has 0 unspecified atom stereocenters. The summed E-state index contributed by atoms with van der Waals surface area (Å²) in [6, 6.07) is 20.8. The molecular weight excluding hydrogens is 410 g/mol. The zero-order chi connectivity index (χ0) is 23.3. The summed E-state index contributed by atoms with van der Waals surface area (Å²) in [4.78, 5) is 9.04. The summed E-state index contributed by atoms with van der Waals surface area (Å²) < 4.78 is 5.62. The van der Waals surface area contributed by atoms with Crippen LogP contribution in [0.3, 0.4) is 0 Å². The van der Waals surface area contributed by atoms with Crippen LogP contribution in [-0.2, 0) is 11.2 Å². The maximum absolute atomic E-state index is 8.84. The van der Waals surface area contributed by atoms with Crippen LogP contribution in [0, 0.1) is 11.3 Å². The molecule has 0 spiro atoms. The molecule has 1 aromatic heterocycles. The lowest BCUT2D eigenvalue weighted by Crippen LogP contribution is -2.14. The predicted octanol–water partition coefficient (Wildman–Crippen LogP) is 5.40. The minimum atomic E-state index is 0.522. The molecule has 0 bridgehead atoms. The van der Waals surface area contributed by atoms with E-state index in [1.807, 2.05) is 25.2 Å². The Morgan fingerprint density at radius 1 is 1.03 bits per heavy atom. The van der Waals surface area contributed by atoms with Crippen LogP contribution in [0.1, 0.15) is 42.0 Å². The maximum atomic E-state index is 8.84. The van der Waals surface area contributed by atoms with Crippen molar-refractivity contribution in [3.63, 3.8) is 0 Å². The number of nitrogens with one attached hydrogen (secondary N) is 2. The molecule has 1 heterocycles. The lowest BCUT2D eigenvalue weighted by atomic mass is 9.95. The van der Waals surface area contributed by atoms with Gasteiger partial charge in [0, 0.05) is 26.6 Å². The van der Waals surface area contributed by atoms with Crippen molar-refractivity contribution in [2.24, 2.45) is 0 Å². The molecule has 0 radical (unpaired) electrons. The van der Waals surface area contributed by atoms with E-state index in [1.54, 1.807) is 6.33 Å². The summed E-state index contributed by atoms with van der Waals surface area (Å²) in [6.07, 6.45) is 6.00. The van der Waals surface area contributed by atoms with Gasteiger partial charge in [0.1, 0.15) is 18.0 Å². The van der Waals surface area contributed by atoms with Crippen molar-refractivity contribution in [2.45, 2.75) is 26.2 Å². The van der Waals surface area contributed by atoms with Gasteiger partial charge in [-0.1, -0.05) is 61.5 Å². The van der Waals surface area contributed by atoms with E-state index in [4.69, 9.17) is 10.00 Å². The summed E-state index contributed by atoms with van der Waals surface area (Å²) >= 11 is 0. The number of hydrogen-bond acceptors (Lipinski definition) is 6. The summed E-state index contributed by atoms with van der Waals surface area (Å²) in [5, 5.41) is 15.5. The molecule has 0 fully saturated rings. The number of hydrogen-bond donors (Lipinski definition) is 2. The van der Waals surface area contributed by atoms with Crippen LogP contribution < -0.4 is 10.6 Å². The minimum absolute atomic E-state index is 0.522. The molecule has 6 nitrogen and oxygen atoms in total. The molecular formula is C27H31N5O. The smallest absolute Gasteiger partial charge is 0.139 e. The molecule has 0 saturated carbocycles. The highest BCUT2D eigenvalue weighted by atomic mass is 16.5. The van der Waals surface area contributed by atoms with E-state index in [0.717, 1.165) is 58.9 Å². The number of nitriles is 1. The van der Waals surface area contributed by atoms with Crippen LogP contribution in [0.25, 0.3) is 11.6 Å². The Morgan fingerprint density at radius 2 is 1.79 bits per heavy atom. The van der Waals surface area contributed by atoms with Crippen LogP contribution in [0.15, 0.2) is 60.9 Å². The first-order chi connectivity index (χ1) is 16.3. The van der Waals surface area contributed by atoms with Gasteiger partial charge in [-0.3, -0.25) is 0 Å². The Labute approximate surface area is 196 Å². The number of rotatable bonds is 12. The van der Waals surface area contributed by atoms with E-state index in [-0.39, 0.29) is 0 Å². The van der Waals surface area contributed by atoms with Crippen molar-refractivity contribution in [1.82, 2.24) is 9.97 Å².